The van der Waals surface area contributed by atoms with Crippen LogP contribution in [0.1, 0.15) is 5.69 Å². The Morgan fingerprint density at radius 3 is 2.11 bits per heavy atom. The van der Waals surface area contributed by atoms with Crippen LogP contribution < -0.4 is 15.2 Å². The minimum atomic E-state index is 0.520. The number of nitrogens with two attached hydrogens (primary N) is 1. The number of ether oxygens (including phenoxy) is 2. The molecule has 2 rings (SSSR count). The molecule has 1 aromatic heterocycles. The van der Waals surface area contributed by atoms with Crippen LogP contribution >= 0.6 is 0 Å². The first kappa shape index (κ1) is 12.2. The minimum absolute atomic E-state index is 0.520. The molecule has 0 saturated carbocycles. The van der Waals surface area contributed by atoms with E-state index in [1.807, 2.05) is 31.2 Å². The van der Waals surface area contributed by atoms with Crippen LogP contribution in [0.3, 0.4) is 0 Å². The maximum atomic E-state index is 5.66. The van der Waals surface area contributed by atoms with E-state index in [0.29, 0.717) is 5.82 Å². The van der Waals surface area contributed by atoms with E-state index in [4.69, 9.17) is 15.2 Å². The molecule has 4 nitrogen and oxygen atoms in total. The third kappa shape index (κ3) is 2.37. The molecule has 0 aliphatic rings. The summed E-state index contributed by atoms with van der Waals surface area (Å²) in [6, 6.07) is 9.47. The van der Waals surface area contributed by atoms with Gasteiger partial charge in [-0.1, -0.05) is 0 Å². The van der Waals surface area contributed by atoms with E-state index in [-0.39, 0.29) is 0 Å². The van der Waals surface area contributed by atoms with Gasteiger partial charge in [-0.25, -0.2) is 4.98 Å². The molecule has 2 aromatic rings. The van der Waals surface area contributed by atoms with Crippen LogP contribution in [0.4, 0.5) is 5.82 Å². The van der Waals surface area contributed by atoms with Gasteiger partial charge in [0.25, 0.3) is 0 Å². The van der Waals surface area contributed by atoms with E-state index in [1.165, 1.54) is 0 Å². The smallest absolute Gasteiger partial charge is 0.123 e. The van der Waals surface area contributed by atoms with Crippen LogP contribution in [0.2, 0.25) is 0 Å². The van der Waals surface area contributed by atoms with Gasteiger partial charge in [0, 0.05) is 17.3 Å². The van der Waals surface area contributed by atoms with Crippen molar-refractivity contribution in [1.82, 2.24) is 4.98 Å². The number of hydrogen-bond acceptors (Lipinski definition) is 4. The number of benzene rings is 1. The second-order valence-corrected chi connectivity index (χ2v) is 3.97. The summed E-state index contributed by atoms with van der Waals surface area (Å²) in [7, 11) is 3.26. The standard InChI is InChI=1S/C14H16N2O2/c1-9-13(4-5-14(15)16-9)10-6-11(17-2)8-12(7-10)18-3/h4-8H,1-3H3,(H2,15,16). The summed E-state index contributed by atoms with van der Waals surface area (Å²) >= 11 is 0. The van der Waals surface area contributed by atoms with Gasteiger partial charge in [0.05, 0.1) is 14.2 Å². The average molecular weight is 244 g/mol. The first-order valence-electron chi connectivity index (χ1n) is 5.60. The van der Waals surface area contributed by atoms with Gasteiger partial charge in [-0.05, 0) is 36.8 Å². The molecule has 0 spiro atoms. The highest BCUT2D eigenvalue weighted by Gasteiger charge is 2.07. The number of aromatic nitrogens is 1. The highest BCUT2D eigenvalue weighted by Crippen LogP contribution is 2.31. The third-order valence-electron chi connectivity index (χ3n) is 2.77. The molecule has 0 bridgehead atoms. The monoisotopic (exact) mass is 244 g/mol. The van der Waals surface area contributed by atoms with Crippen molar-refractivity contribution in [1.29, 1.82) is 0 Å². The zero-order valence-corrected chi connectivity index (χ0v) is 10.7. The Hall–Kier alpha value is -2.23. The molecular weight excluding hydrogens is 228 g/mol. The van der Waals surface area contributed by atoms with Crippen molar-refractivity contribution in [2.75, 3.05) is 20.0 Å². The van der Waals surface area contributed by atoms with Crippen molar-refractivity contribution in [3.8, 4) is 22.6 Å². The fraction of sp³-hybridized carbons (Fsp3) is 0.214. The number of methoxy groups -OCH3 is 2. The molecule has 0 unspecified atom stereocenters. The molecule has 0 saturated heterocycles. The van der Waals surface area contributed by atoms with E-state index < -0.39 is 0 Å². The van der Waals surface area contributed by atoms with Gasteiger partial charge in [-0.3, -0.25) is 0 Å². The maximum absolute atomic E-state index is 5.66. The van der Waals surface area contributed by atoms with Crippen LogP contribution in [-0.4, -0.2) is 19.2 Å². The fourth-order valence-electron chi connectivity index (χ4n) is 1.85. The molecule has 4 heteroatoms. The molecule has 0 aliphatic carbocycles. The first-order valence-corrected chi connectivity index (χ1v) is 5.60. The molecule has 0 aliphatic heterocycles. The maximum Gasteiger partial charge on any atom is 0.123 e. The molecule has 0 fully saturated rings. The largest absolute Gasteiger partial charge is 0.497 e. The van der Waals surface area contributed by atoms with Crippen molar-refractivity contribution < 1.29 is 9.47 Å². The lowest BCUT2D eigenvalue weighted by atomic mass is 10.0. The molecule has 0 radical (unpaired) electrons. The van der Waals surface area contributed by atoms with Crippen LogP contribution in [0.25, 0.3) is 11.1 Å². The van der Waals surface area contributed by atoms with Gasteiger partial charge in [0.15, 0.2) is 0 Å². The van der Waals surface area contributed by atoms with Crippen LogP contribution in [0, 0.1) is 6.92 Å². The molecule has 0 amide bonds. The summed E-state index contributed by atoms with van der Waals surface area (Å²) < 4.78 is 10.5. The number of rotatable bonds is 3. The number of anilines is 1. The van der Waals surface area contributed by atoms with Gasteiger partial charge >= 0.3 is 0 Å². The lowest BCUT2D eigenvalue weighted by Crippen LogP contribution is -1.95. The minimum Gasteiger partial charge on any atom is -0.497 e. The summed E-state index contributed by atoms with van der Waals surface area (Å²) in [5.74, 6) is 2.02. The molecule has 18 heavy (non-hydrogen) atoms. The second-order valence-electron chi connectivity index (χ2n) is 3.97. The molecule has 0 atom stereocenters. The summed E-state index contributed by atoms with van der Waals surface area (Å²) in [6.07, 6.45) is 0. The van der Waals surface area contributed by atoms with Crippen LogP contribution in [0.5, 0.6) is 11.5 Å². The predicted molar refractivity (Wildman–Crippen MR) is 71.9 cm³/mol. The van der Waals surface area contributed by atoms with Gasteiger partial charge in [-0.2, -0.15) is 0 Å². The van der Waals surface area contributed by atoms with Gasteiger partial charge in [0.1, 0.15) is 17.3 Å². The molecule has 1 heterocycles. The predicted octanol–water partition coefficient (Wildman–Crippen LogP) is 2.66. The Balaban J connectivity index is 2.55. The van der Waals surface area contributed by atoms with Crippen LogP contribution in [0.15, 0.2) is 30.3 Å². The van der Waals surface area contributed by atoms with Crippen molar-refractivity contribution in [2.24, 2.45) is 0 Å². The van der Waals surface area contributed by atoms with Gasteiger partial charge in [-0.15, -0.1) is 0 Å². The summed E-state index contributed by atoms with van der Waals surface area (Å²) in [4.78, 5) is 4.26. The molecule has 2 N–H and O–H groups in total. The van der Waals surface area contributed by atoms with Crippen LogP contribution in [-0.2, 0) is 0 Å². The SMILES string of the molecule is COc1cc(OC)cc(-c2ccc(N)nc2C)c1. The van der Waals surface area contributed by atoms with Gasteiger partial charge in [0.2, 0.25) is 0 Å². The number of hydrogen-bond donors (Lipinski definition) is 1. The molecule has 94 valence electrons. The lowest BCUT2D eigenvalue weighted by Gasteiger charge is -2.10. The second kappa shape index (κ2) is 4.96. The molecular formula is C14H16N2O2. The Bertz CT molecular complexity index is 545. The number of nitrogens with zero attached hydrogens (tertiary/aromatic N) is 1. The van der Waals surface area contributed by atoms with E-state index in [9.17, 15) is 0 Å². The van der Waals surface area contributed by atoms with E-state index in [1.54, 1.807) is 20.3 Å². The quantitative estimate of drug-likeness (QED) is 0.901. The number of pyridine rings is 1. The van der Waals surface area contributed by atoms with Crippen molar-refractivity contribution in [3.05, 3.63) is 36.0 Å². The van der Waals surface area contributed by atoms with Gasteiger partial charge < -0.3 is 15.2 Å². The summed E-state index contributed by atoms with van der Waals surface area (Å²) in [5.41, 5.74) is 8.55. The van der Waals surface area contributed by atoms with Crippen molar-refractivity contribution in [3.63, 3.8) is 0 Å². The Morgan fingerprint density at radius 1 is 1.00 bits per heavy atom. The zero-order chi connectivity index (χ0) is 13.1. The van der Waals surface area contributed by atoms with Crippen molar-refractivity contribution >= 4 is 5.82 Å². The number of nitrogen functional groups attached to an aromatic ring is 1. The lowest BCUT2D eigenvalue weighted by molar-refractivity contribution is 0.394. The molecule has 1 aromatic carbocycles. The highest BCUT2D eigenvalue weighted by atomic mass is 16.5. The van der Waals surface area contributed by atoms with E-state index in [2.05, 4.69) is 4.98 Å². The Kier molecular flexibility index (Phi) is 3.37. The Morgan fingerprint density at radius 2 is 1.61 bits per heavy atom. The zero-order valence-electron chi connectivity index (χ0n) is 10.7. The number of aryl methyl sites for hydroxylation is 1. The normalized spacial score (nSPS) is 10.2. The first-order chi connectivity index (χ1) is 8.63. The summed E-state index contributed by atoms with van der Waals surface area (Å²) in [5, 5.41) is 0. The summed E-state index contributed by atoms with van der Waals surface area (Å²) in [6.45, 7) is 1.93. The Labute approximate surface area is 106 Å². The van der Waals surface area contributed by atoms with E-state index >= 15 is 0 Å². The highest BCUT2D eigenvalue weighted by molar-refractivity contribution is 5.70. The fourth-order valence-corrected chi connectivity index (χ4v) is 1.85. The average Bonchev–Trinajstić information content (AvgIpc) is 2.38. The van der Waals surface area contributed by atoms with E-state index in [0.717, 1.165) is 28.3 Å². The van der Waals surface area contributed by atoms with Crippen molar-refractivity contribution in [2.45, 2.75) is 6.92 Å². The topological polar surface area (TPSA) is 57.4 Å². The third-order valence-corrected chi connectivity index (χ3v) is 2.77.